The van der Waals surface area contributed by atoms with Gasteiger partial charge >= 0.3 is 6.09 Å². The third kappa shape index (κ3) is 9.58. The Bertz CT molecular complexity index is 1620. The molecule has 45 heavy (non-hydrogen) atoms. The minimum Gasteiger partial charge on any atom is -0.441 e. The van der Waals surface area contributed by atoms with E-state index in [2.05, 4.69) is 57.9 Å². The highest BCUT2D eigenvalue weighted by atomic mass is 35.5. The molecule has 0 atom stereocenters. The minimum atomic E-state index is -0.512. The van der Waals surface area contributed by atoms with Gasteiger partial charge in [0, 0.05) is 40.4 Å². The molecule has 0 unspecified atom stereocenters. The van der Waals surface area contributed by atoms with Crippen LogP contribution in [0, 0.1) is 0 Å². The molecular weight excluding hydrogens is 625 g/mol. The quantitative estimate of drug-likeness (QED) is 0.127. The number of rotatable bonds is 13. The Labute approximate surface area is 278 Å². The van der Waals surface area contributed by atoms with E-state index in [0.29, 0.717) is 42.2 Å². The Morgan fingerprint density at radius 3 is 2.07 bits per heavy atom. The number of imidazole rings is 1. The number of carbonyl (C=O) groups is 1. The van der Waals surface area contributed by atoms with Crippen molar-refractivity contribution in [3.8, 4) is 0 Å². The van der Waals surface area contributed by atoms with Crippen LogP contribution in [-0.2, 0) is 31.0 Å². The summed E-state index contributed by atoms with van der Waals surface area (Å²) in [6.07, 6.45) is 3.01. The van der Waals surface area contributed by atoms with Crippen LogP contribution in [0.3, 0.4) is 0 Å². The minimum absolute atomic E-state index is 0.00483. The first-order chi connectivity index (χ1) is 21.8. The molecular formula is C35H35Cl2N5O2S. The number of alkyl carbamates (subject to hydrolysis) is 1. The summed E-state index contributed by atoms with van der Waals surface area (Å²) in [4.78, 5) is 25.2. The number of nitrogens with one attached hydrogen (secondary N) is 1. The average molecular weight is 661 g/mol. The van der Waals surface area contributed by atoms with Crippen LogP contribution in [0.2, 0.25) is 10.0 Å². The topological polar surface area (TPSA) is 72.3 Å². The van der Waals surface area contributed by atoms with Crippen molar-refractivity contribution in [2.45, 2.75) is 55.9 Å². The number of benzene rings is 3. The number of hydrogen-bond donors (Lipinski definition) is 1. The van der Waals surface area contributed by atoms with Crippen LogP contribution < -0.4 is 5.32 Å². The van der Waals surface area contributed by atoms with Gasteiger partial charge in [-0.05, 0) is 52.9 Å². The van der Waals surface area contributed by atoms with E-state index in [0.717, 1.165) is 32.3 Å². The number of amides is 1. The van der Waals surface area contributed by atoms with Crippen LogP contribution in [0.15, 0.2) is 113 Å². The summed E-state index contributed by atoms with van der Waals surface area (Å²) in [6.45, 7) is 6.41. The zero-order valence-electron chi connectivity index (χ0n) is 25.2. The van der Waals surface area contributed by atoms with Gasteiger partial charge in [-0.2, -0.15) is 0 Å². The molecule has 2 aromatic heterocycles. The lowest BCUT2D eigenvalue weighted by Crippen LogP contribution is -2.37. The molecule has 0 fully saturated rings. The number of nitrogens with zero attached hydrogens (tertiary/aromatic N) is 4. The maximum atomic E-state index is 13.0. The van der Waals surface area contributed by atoms with Crippen LogP contribution in [0.1, 0.15) is 48.0 Å². The van der Waals surface area contributed by atoms with Gasteiger partial charge in [-0.3, -0.25) is 9.88 Å². The molecule has 232 valence electrons. The van der Waals surface area contributed by atoms with E-state index in [-0.39, 0.29) is 12.5 Å². The zero-order valence-corrected chi connectivity index (χ0v) is 27.5. The molecule has 1 amide bonds. The number of carbonyl (C=O) groups excluding carboxylic acids is 1. The monoisotopic (exact) mass is 659 g/mol. The number of pyridine rings is 1. The highest BCUT2D eigenvalue weighted by Crippen LogP contribution is 2.37. The van der Waals surface area contributed by atoms with Crippen molar-refractivity contribution in [1.29, 1.82) is 0 Å². The largest absolute Gasteiger partial charge is 0.441 e. The van der Waals surface area contributed by atoms with Crippen LogP contribution in [0.25, 0.3) is 0 Å². The fraction of sp³-hybridized carbons (Fsp3) is 0.229. The molecule has 5 rings (SSSR count). The average Bonchev–Trinajstić information content (AvgIpc) is 3.36. The Morgan fingerprint density at radius 2 is 1.49 bits per heavy atom. The molecule has 5 aromatic rings. The number of halogens is 2. The molecule has 7 nitrogen and oxygen atoms in total. The first kappa shape index (κ1) is 32.6. The summed E-state index contributed by atoms with van der Waals surface area (Å²) in [5.41, 5.74) is 4.27. The van der Waals surface area contributed by atoms with E-state index in [1.165, 1.54) is 0 Å². The molecule has 0 radical (unpaired) electrons. The number of ether oxygens (including phenoxy) is 1. The van der Waals surface area contributed by atoms with Crippen LogP contribution in [-0.4, -0.2) is 32.2 Å². The van der Waals surface area contributed by atoms with Crippen molar-refractivity contribution >= 4 is 41.1 Å². The highest BCUT2D eigenvalue weighted by molar-refractivity contribution is 7.99. The van der Waals surface area contributed by atoms with Crippen molar-refractivity contribution < 1.29 is 9.53 Å². The SMILES string of the molecule is CC(C)c1nc(COC(=O)NCN(Cc2ccccc2)Cc2ccccc2)n(Cc2ccncc2)c1Sc1cc(Cl)cc(Cl)c1. The third-order valence-electron chi connectivity index (χ3n) is 6.99. The zero-order chi connectivity index (χ0) is 31.6. The van der Waals surface area contributed by atoms with Gasteiger partial charge in [-0.1, -0.05) is 109 Å². The van der Waals surface area contributed by atoms with Gasteiger partial charge in [-0.15, -0.1) is 0 Å². The molecule has 0 saturated carbocycles. The van der Waals surface area contributed by atoms with Crippen molar-refractivity contribution in [2.75, 3.05) is 6.67 Å². The van der Waals surface area contributed by atoms with E-state index in [9.17, 15) is 4.79 Å². The Kier molecular flexibility index (Phi) is 11.5. The molecule has 0 aliphatic carbocycles. The molecule has 0 spiro atoms. The van der Waals surface area contributed by atoms with Crippen LogP contribution in [0.4, 0.5) is 4.79 Å². The molecule has 2 heterocycles. The number of hydrogen-bond acceptors (Lipinski definition) is 6. The lowest BCUT2D eigenvalue weighted by molar-refractivity contribution is 0.124. The molecule has 0 bridgehead atoms. The summed E-state index contributed by atoms with van der Waals surface area (Å²) in [5, 5.41) is 5.01. The van der Waals surface area contributed by atoms with Gasteiger partial charge in [0.1, 0.15) is 10.9 Å². The fourth-order valence-electron chi connectivity index (χ4n) is 4.84. The van der Waals surface area contributed by atoms with Gasteiger partial charge in [0.25, 0.3) is 0 Å². The van der Waals surface area contributed by atoms with Crippen molar-refractivity contribution in [2.24, 2.45) is 0 Å². The molecule has 0 saturated heterocycles. The Morgan fingerprint density at radius 1 is 0.889 bits per heavy atom. The summed E-state index contributed by atoms with van der Waals surface area (Å²) in [7, 11) is 0. The normalized spacial score (nSPS) is 11.2. The van der Waals surface area contributed by atoms with E-state index in [1.54, 1.807) is 30.2 Å². The Hall–Kier alpha value is -3.82. The maximum Gasteiger partial charge on any atom is 0.408 e. The maximum absolute atomic E-state index is 13.0. The van der Waals surface area contributed by atoms with Gasteiger partial charge in [-0.25, -0.2) is 9.78 Å². The smallest absolute Gasteiger partial charge is 0.408 e. The molecule has 1 N–H and O–H groups in total. The van der Waals surface area contributed by atoms with E-state index >= 15 is 0 Å². The van der Waals surface area contributed by atoms with Gasteiger partial charge in [0.05, 0.1) is 18.9 Å². The van der Waals surface area contributed by atoms with E-state index in [4.69, 9.17) is 32.9 Å². The number of aromatic nitrogens is 3. The summed E-state index contributed by atoms with van der Waals surface area (Å²) in [5.74, 6) is 0.768. The second-order valence-electron chi connectivity index (χ2n) is 10.9. The molecule has 0 aliphatic rings. The fourth-order valence-corrected chi connectivity index (χ4v) is 6.75. The van der Waals surface area contributed by atoms with Gasteiger partial charge < -0.3 is 14.6 Å². The van der Waals surface area contributed by atoms with E-state index in [1.807, 2.05) is 60.7 Å². The first-order valence-electron chi connectivity index (χ1n) is 14.7. The van der Waals surface area contributed by atoms with Crippen molar-refractivity contribution in [3.63, 3.8) is 0 Å². The van der Waals surface area contributed by atoms with Gasteiger partial charge in [0.2, 0.25) is 0 Å². The third-order valence-corrected chi connectivity index (χ3v) is 8.52. The molecule has 10 heteroatoms. The summed E-state index contributed by atoms with van der Waals surface area (Å²) >= 11 is 14.2. The predicted octanol–water partition coefficient (Wildman–Crippen LogP) is 8.79. The van der Waals surface area contributed by atoms with E-state index < -0.39 is 6.09 Å². The van der Waals surface area contributed by atoms with Crippen LogP contribution >= 0.6 is 35.0 Å². The summed E-state index contributed by atoms with van der Waals surface area (Å²) < 4.78 is 7.86. The van der Waals surface area contributed by atoms with Crippen molar-refractivity contribution in [3.05, 3.63) is 142 Å². The predicted molar refractivity (Wildman–Crippen MR) is 181 cm³/mol. The molecule has 0 aliphatic heterocycles. The lowest BCUT2D eigenvalue weighted by Gasteiger charge is -2.23. The highest BCUT2D eigenvalue weighted by Gasteiger charge is 2.22. The van der Waals surface area contributed by atoms with Crippen LogP contribution in [0.5, 0.6) is 0 Å². The van der Waals surface area contributed by atoms with Gasteiger partial charge in [0.15, 0.2) is 6.61 Å². The lowest BCUT2D eigenvalue weighted by atomic mass is 10.1. The van der Waals surface area contributed by atoms with Crippen molar-refractivity contribution in [1.82, 2.24) is 24.8 Å². The second kappa shape index (κ2) is 16.0. The summed E-state index contributed by atoms with van der Waals surface area (Å²) in [6, 6.07) is 29.8. The molecule has 3 aromatic carbocycles. The second-order valence-corrected chi connectivity index (χ2v) is 12.8. The first-order valence-corrected chi connectivity index (χ1v) is 16.2. The standard InChI is InChI=1S/C35H35Cl2N5O2S/c1-25(2)33-34(45-31-18-29(36)17-30(37)19-31)42(22-28-13-15-38-16-14-28)32(40-33)23-44-35(43)39-24-41(20-26-9-5-3-6-10-26)21-27-11-7-4-8-12-27/h3-19,25H,20-24H2,1-2H3,(H,39,43). The Balaban J connectivity index is 1.33.